The fraction of sp³-hybridized carbons (Fsp3) is 0.579. The summed E-state index contributed by atoms with van der Waals surface area (Å²) in [5.74, 6) is -2.65. The van der Waals surface area contributed by atoms with E-state index in [1.165, 1.54) is 10.8 Å². The molecule has 1 amide bonds. The van der Waals surface area contributed by atoms with Gasteiger partial charge in [0.05, 0.1) is 31.3 Å². The Hall–Kier alpha value is -3.13. The SMILES string of the molecule is COC(=O)c1nc2n(CC(=O)N3C[C@@H](C)O[C@H](C)C3)cc(N3CCCS3(=O)=O)n2c(=O)c1O. The first-order valence-corrected chi connectivity index (χ1v) is 12.0. The van der Waals surface area contributed by atoms with Crippen LogP contribution in [0, 0.1) is 0 Å². The van der Waals surface area contributed by atoms with Crippen LogP contribution in [0.1, 0.15) is 30.8 Å². The molecule has 0 unspecified atom stereocenters. The van der Waals surface area contributed by atoms with Crippen molar-refractivity contribution in [2.75, 3.05) is 36.8 Å². The Bertz CT molecular complexity index is 1270. The van der Waals surface area contributed by atoms with Gasteiger partial charge in [-0.3, -0.25) is 13.9 Å². The van der Waals surface area contributed by atoms with Gasteiger partial charge in [-0.15, -0.1) is 0 Å². The number of morpholine rings is 1. The second-order valence-corrected chi connectivity index (χ2v) is 10.2. The van der Waals surface area contributed by atoms with Crippen LogP contribution in [0.4, 0.5) is 5.82 Å². The molecule has 2 aliphatic heterocycles. The molecule has 0 spiro atoms. The highest BCUT2D eigenvalue weighted by Crippen LogP contribution is 2.27. The van der Waals surface area contributed by atoms with E-state index in [-0.39, 0.29) is 48.6 Å². The Kier molecular flexibility index (Phi) is 5.82. The predicted molar refractivity (Wildman–Crippen MR) is 115 cm³/mol. The van der Waals surface area contributed by atoms with Gasteiger partial charge < -0.3 is 24.0 Å². The molecule has 0 aromatic carbocycles. The molecule has 2 atom stereocenters. The van der Waals surface area contributed by atoms with Gasteiger partial charge in [0.1, 0.15) is 12.4 Å². The number of rotatable bonds is 4. The van der Waals surface area contributed by atoms with Gasteiger partial charge in [0.15, 0.2) is 5.69 Å². The molecular formula is C19H25N5O8S. The van der Waals surface area contributed by atoms with Crippen LogP contribution in [0.25, 0.3) is 5.78 Å². The van der Waals surface area contributed by atoms with E-state index >= 15 is 0 Å². The number of ether oxygens (including phenoxy) is 2. The van der Waals surface area contributed by atoms with E-state index in [2.05, 4.69) is 9.72 Å². The first kappa shape index (κ1) is 23.0. The van der Waals surface area contributed by atoms with Gasteiger partial charge in [-0.1, -0.05) is 0 Å². The van der Waals surface area contributed by atoms with Gasteiger partial charge >= 0.3 is 11.5 Å². The lowest BCUT2D eigenvalue weighted by molar-refractivity contribution is -0.143. The van der Waals surface area contributed by atoms with Crippen molar-refractivity contribution >= 4 is 33.5 Å². The summed E-state index contributed by atoms with van der Waals surface area (Å²) in [6.45, 7) is 4.30. The number of amides is 1. The highest BCUT2D eigenvalue weighted by atomic mass is 32.2. The minimum Gasteiger partial charge on any atom is -0.501 e. The van der Waals surface area contributed by atoms with Gasteiger partial charge in [0.2, 0.25) is 27.5 Å². The normalized spacial score (nSPS) is 22.6. The molecule has 13 nitrogen and oxygen atoms in total. The van der Waals surface area contributed by atoms with E-state index in [4.69, 9.17) is 4.74 Å². The molecule has 14 heteroatoms. The molecule has 0 radical (unpaired) electrons. The number of anilines is 1. The van der Waals surface area contributed by atoms with Crippen LogP contribution in [-0.4, -0.2) is 89.0 Å². The fourth-order valence-electron chi connectivity index (χ4n) is 4.21. The van der Waals surface area contributed by atoms with E-state index < -0.39 is 33.0 Å². The van der Waals surface area contributed by atoms with E-state index in [0.29, 0.717) is 19.5 Å². The van der Waals surface area contributed by atoms with Crippen molar-refractivity contribution in [3.05, 3.63) is 22.2 Å². The average molecular weight is 484 g/mol. The highest BCUT2D eigenvalue weighted by Gasteiger charge is 2.34. The second kappa shape index (κ2) is 8.33. The molecule has 4 rings (SSSR count). The van der Waals surface area contributed by atoms with Crippen molar-refractivity contribution < 1.29 is 32.6 Å². The monoisotopic (exact) mass is 483 g/mol. The first-order valence-electron chi connectivity index (χ1n) is 10.4. The van der Waals surface area contributed by atoms with Crippen LogP contribution in [0.15, 0.2) is 11.0 Å². The molecule has 0 saturated carbocycles. The van der Waals surface area contributed by atoms with E-state index in [1.807, 2.05) is 13.8 Å². The summed E-state index contributed by atoms with van der Waals surface area (Å²) >= 11 is 0. The molecule has 1 N–H and O–H groups in total. The summed E-state index contributed by atoms with van der Waals surface area (Å²) in [6.07, 6.45) is 1.35. The summed E-state index contributed by atoms with van der Waals surface area (Å²) in [5, 5.41) is 10.3. The number of esters is 1. The van der Waals surface area contributed by atoms with Crippen molar-refractivity contribution in [1.82, 2.24) is 18.9 Å². The molecule has 2 aromatic heterocycles. The highest BCUT2D eigenvalue weighted by molar-refractivity contribution is 7.93. The minimum absolute atomic E-state index is 0.0665. The minimum atomic E-state index is -3.70. The second-order valence-electron chi connectivity index (χ2n) is 8.15. The summed E-state index contributed by atoms with van der Waals surface area (Å²) in [6, 6.07) is 0. The van der Waals surface area contributed by atoms with Gasteiger partial charge in [0.25, 0.3) is 0 Å². The maximum absolute atomic E-state index is 13.0. The molecule has 2 saturated heterocycles. The molecule has 2 fully saturated rings. The third-order valence-corrected chi connectivity index (χ3v) is 7.46. The molecule has 4 heterocycles. The van der Waals surface area contributed by atoms with Crippen molar-refractivity contribution in [3.63, 3.8) is 0 Å². The smallest absolute Gasteiger partial charge is 0.360 e. The molecule has 2 aliphatic rings. The zero-order valence-corrected chi connectivity index (χ0v) is 19.2. The number of aromatic hydroxyl groups is 1. The summed E-state index contributed by atoms with van der Waals surface area (Å²) in [7, 11) is -2.63. The predicted octanol–water partition coefficient (Wildman–Crippen LogP) is -0.836. The zero-order chi connectivity index (χ0) is 24.1. The van der Waals surface area contributed by atoms with Crippen LogP contribution in [0.3, 0.4) is 0 Å². The number of hydrogen-bond acceptors (Lipinski definition) is 9. The van der Waals surface area contributed by atoms with Crippen molar-refractivity contribution in [1.29, 1.82) is 0 Å². The quantitative estimate of drug-likeness (QED) is 0.549. The third kappa shape index (κ3) is 4.04. The first-order chi connectivity index (χ1) is 15.5. The third-order valence-electron chi connectivity index (χ3n) is 5.61. The number of nitrogens with zero attached hydrogens (tertiary/aromatic N) is 5. The number of fused-ring (bicyclic) bond motifs is 1. The lowest BCUT2D eigenvalue weighted by Gasteiger charge is -2.35. The molecular weight excluding hydrogens is 458 g/mol. The van der Waals surface area contributed by atoms with Gasteiger partial charge in [-0.05, 0) is 20.3 Å². The Balaban J connectivity index is 1.85. The molecule has 0 bridgehead atoms. The number of imidazole rings is 1. The maximum Gasteiger partial charge on any atom is 0.360 e. The Morgan fingerprint density at radius 3 is 2.52 bits per heavy atom. The summed E-state index contributed by atoms with van der Waals surface area (Å²) in [5.41, 5.74) is -1.67. The Labute approximate surface area is 189 Å². The number of aromatic nitrogens is 3. The van der Waals surface area contributed by atoms with Gasteiger partial charge in [-0.25, -0.2) is 22.6 Å². The van der Waals surface area contributed by atoms with E-state index in [1.54, 1.807) is 4.90 Å². The maximum atomic E-state index is 13.0. The van der Waals surface area contributed by atoms with E-state index in [9.17, 15) is 27.9 Å². The lowest BCUT2D eigenvalue weighted by Crippen LogP contribution is -2.49. The molecule has 2 aromatic rings. The average Bonchev–Trinajstić information content (AvgIpc) is 3.28. The number of hydrogen-bond donors (Lipinski definition) is 1. The van der Waals surface area contributed by atoms with Crippen LogP contribution < -0.4 is 9.86 Å². The van der Waals surface area contributed by atoms with Crippen molar-refractivity contribution in [3.8, 4) is 5.75 Å². The Morgan fingerprint density at radius 1 is 1.27 bits per heavy atom. The van der Waals surface area contributed by atoms with Crippen LogP contribution >= 0.6 is 0 Å². The number of carbonyl (C=O) groups excluding carboxylic acids is 2. The molecule has 0 aliphatic carbocycles. The van der Waals surface area contributed by atoms with Crippen molar-refractivity contribution in [2.24, 2.45) is 0 Å². The van der Waals surface area contributed by atoms with Crippen LogP contribution in [0.2, 0.25) is 0 Å². The molecule has 33 heavy (non-hydrogen) atoms. The lowest BCUT2D eigenvalue weighted by atomic mass is 10.2. The largest absolute Gasteiger partial charge is 0.501 e. The summed E-state index contributed by atoms with van der Waals surface area (Å²) < 4.78 is 38.5. The standard InChI is InChI=1S/C19H25N5O8S/c1-11-7-21(8-12(2)32-11)14(25)10-22-9-13(23-5-4-6-33(23,29)30)24-17(27)16(26)15(18(28)31-3)20-19(22)24/h9,11-12,26H,4-8,10H2,1-3H3/t11-,12-/m1/s1. The summed E-state index contributed by atoms with van der Waals surface area (Å²) in [4.78, 5) is 43.7. The fourth-order valence-corrected chi connectivity index (χ4v) is 5.75. The van der Waals surface area contributed by atoms with Gasteiger partial charge in [0, 0.05) is 19.6 Å². The van der Waals surface area contributed by atoms with Crippen LogP contribution in [0.5, 0.6) is 5.75 Å². The van der Waals surface area contributed by atoms with Crippen LogP contribution in [-0.2, 0) is 30.8 Å². The van der Waals surface area contributed by atoms with Gasteiger partial charge in [-0.2, -0.15) is 0 Å². The van der Waals surface area contributed by atoms with Crippen molar-refractivity contribution in [2.45, 2.75) is 39.0 Å². The zero-order valence-electron chi connectivity index (χ0n) is 18.4. The molecule has 180 valence electrons. The Morgan fingerprint density at radius 2 is 1.94 bits per heavy atom. The number of sulfonamides is 1. The number of carbonyl (C=O) groups is 2. The number of methoxy groups -OCH3 is 1. The van der Waals surface area contributed by atoms with E-state index in [0.717, 1.165) is 15.8 Å². The topological polar surface area (TPSA) is 153 Å².